The molecule has 2 amide bonds. The molecular weight excluding hydrogens is 523 g/mol. The molecule has 5 rings (SSSR count). The lowest BCUT2D eigenvalue weighted by atomic mass is 9.85. The summed E-state index contributed by atoms with van der Waals surface area (Å²) in [5.74, 6) is -1.42. The van der Waals surface area contributed by atoms with E-state index < -0.39 is 29.4 Å². The number of pyridine rings is 1. The molecule has 3 heterocycles. The van der Waals surface area contributed by atoms with Crippen molar-refractivity contribution in [2.75, 3.05) is 20.2 Å². The first-order valence-corrected chi connectivity index (χ1v) is 12.8. The largest absolute Gasteiger partial charge is 0.468 e. The maximum atomic E-state index is 13.7. The number of likely N-dealkylation sites (tertiary alicyclic amines) is 1. The predicted octanol–water partition coefficient (Wildman–Crippen LogP) is 4.73. The average molecular weight is 552 g/mol. The van der Waals surface area contributed by atoms with E-state index in [-0.39, 0.29) is 18.4 Å². The number of hydrogen-bond acceptors (Lipinski definition) is 5. The number of halogens is 3. The van der Waals surface area contributed by atoms with E-state index in [0.29, 0.717) is 24.5 Å². The Balaban J connectivity index is 1.42. The van der Waals surface area contributed by atoms with Gasteiger partial charge in [0.05, 0.1) is 23.7 Å². The number of benzene rings is 2. The first-order chi connectivity index (χ1) is 19.1. The second-order valence-electron chi connectivity index (χ2n) is 9.85. The molecule has 4 aromatic rings. The molecule has 8 nitrogen and oxygen atoms in total. The number of ether oxygens (including phenoxy) is 1. The van der Waals surface area contributed by atoms with Crippen LogP contribution in [0.3, 0.4) is 0 Å². The third-order valence-corrected chi connectivity index (χ3v) is 7.34. The number of alkyl halides is 3. The highest BCUT2D eigenvalue weighted by Crippen LogP contribution is 2.33. The second-order valence-corrected chi connectivity index (χ2v) is 9.85. The molecule has 2 atom stereocenters. The lowest BCUT2D eigenvalue weighted by Gasteiger charge is -2.39. The number of carbonyl (C=O) groups is 2. The number of rotatable bonds is 5. The van der Waals surface area contributed by atoms with Crippen LogP contribution in [0.2, 0.25) is 0 Å². The number of imidazole rings is 1. The molecule has 11 heteroatoms. The Labute approximate surface area is 228 Å². The van der Waals surface area contributed by atoms with E-state index in [1.54, 1.807) is 21.6 Å². The van der Waals surface area contributed by atoms with Gasteiger partial charge in [0, 0.05) is 43.9 Å². The Morgan fingerprint density at radius 2 is 1.85 bits per heavy atom. The van der Waals surface area contributed by atoms with Gasteiger partial charge in [0.2, 0.25) is 0 Å². The van der Waals surface area contributed by atoms with Crippen LogP contribution in [0.25, 0.3) is 11.0 Å². The molecule has 2 aromatic heterocycles. The molecule has 1 aliphatic rings. The lowest BCUT2D eigenvalue weighted by molar-refractivity contribution is -0.138. The van der Waals surface area contributed by atoms with Gasteiger partial charge in [0.1, 0.15) is 5.69 Å². The number of piperidine rings is 1. The van der Waals surface area contributed by atoms with Crippen LogP contribution < -0.4 is 10.1 Å². The van der Waals surface area contributed by atoms with Gasteiger partial charge in [0.25, 0.3) is 17.8 Å². The number of hydrogen-bond donors (Lipinski definition) is 1. The van der Waals surface area contributed by atoms with Crippen molar-refractivity contribution >= 4 is 22.8 Å². The van der Waals surface area contributed by atoms with Gasteiger partial charge in [-0.25, -0.2) is 0 Å². The van der Waals surface area contributed by atoms with Crippen molar-refractivity contribution in [2.24, 2.45) is 7.05 Å². The summed E-state index contributed by atoms with van der Waals surface area (Å²) in [6.07, 6.45) is -3.20. The summed E-state index contributed by atoms with van der Waals surface area (Å²) in [5.41, 5.74) is 1.94. The zero-order valence-electron chi connectivity index (χ0n) is 22.2. The SMILES string of the molecule is COc1nc2c(C)cc(C(=O)N3CC[C@@H](NC(=O)c4ncccc4C(F)(F)F)[C@@H](c4ccccc4)C3)cc2n1C. The minimum atomic E-state index is -4.72. The Morgan fingerprint density at radius 1 is 1.10 bits per heavy atom. The highest BCUT2D eigenvalue weighted by Gasteiger charge is 2.38. The van der Waals surface area contributed by atoms with Crippen molar-refractivity contribution in [3.8, 4) is 6.01 Å². The minimum Gasteiger partial charge on any atom is -0.468 e. The van der Waals surface area contributed by atoms with Gasteiger partial charge in [-0.3, -0.25) is 19.1 Å². The molecule has 208 valence electrons. The summed E-state index contributed by atoms with van der Waals surface area (Å²) >= 11 is 0. The molecule has 0 radical (unpaired) electrons. The minimum absolute atomic E-state index is 0.181. The van der Waals surface area contributed by atoms with E-state index >= 15 is 0 Å². The topological polar surface area (TPSA) is 89.3 Å². The highest BCUT2D eigenvalue weighted by molar-refractivity contribution is 5.99. The smallest absolute Gasteiger partial charge is 0.418 e. The summed E-state index contributed by atoms with van der Waals surface area (Å²) in [6.45, 7) is 2.47. The maximum absolute atomic E-state index is 13.7. The van der Waals surface area contributed by atoms with Gasteiger partial charge in [-0.15, -0.1) is 0 Å². The zero-order valence-corrected chi connectivity index (χ0v) is 22.2. The van der Waals surface area contributed by atoms with E-state index in [4.69, 9.17) is 4.74 Å². The van der Waals surface area contributed by atoms with Gasteiger partial charge in [-0.2, -0.15) is 18.2 Å². The van der Waals surface area contributed by atoms with Crippen molar-refractivity contribution in [2.45, 2.75) is 31.5 Å². The second kappa shape index (κ2) is 10.6. The Bertz CT molecular complexity index is 1570. The van der Waals surface area contributed by atoms with E-state index in [9.17, 15) is 22.8 Å². The van der Waals surface area contributed by atoms with Crippen LogP contribution in [0.4, 0.5) is 13.2 Å². The number of aryl methyl sites for hydroxylation is 2. The van der Waals surface area contributed by atoms with E-state index in [1.807, 2.05) is 44.3 Å². The summed E-state index contributed by atoms with van der Waals surface area (Å²) < 4.78 is 47.7. The quantitative estimate of drug-likeness (QED) is 0.387. The molecule has 0 saturated carbocycles. The summed E-state index contributed by atoms with van der Waals surface area (Å²) in [5, 5.41) is 2.78. The van der Waals surface area contributed by atoms with Crippen molar-refractivity contribution < 1.29 is 27.5 Å². The number of aromatic nitrogens is 3. The van der Waals surface area contributed by atoms with Crippen molar-refractivity contribution in [3.63, 3.8) is 0 Å². The van der Waals surface area contributed by atoms with Crippen LogP contribution in [-0.4, -0.2) is 57.5 Å². The number of fused-ring (bicyclic) bond motifs is 1. The van der Waals surface area contributed by atoms with Crippen LogP contribution in [0, 0.1) is 6.92 Å². The van der Waals surface area contributed by atoms with Crippen LogP contribution in [0.15, 0.2) is 60.8 Å². The number of nitrogens with one attached hydrogen (secondary N) is 1. The zero-order chi connectivity index (χ0) is 28.6. The first-order valence-electron chi connectivity index (χ1n) is 12.8. The number of methoxy groups -OCH3 is 1. The normalized spacial score (nSPS) is 17.6. The van der Waals surface area contributed by atoms with Crippen molar-refractivity contribution in [1.82, 2.24) is 24.8 Å². The van der Waals surface area contributed by atoms with Gasteiger partial charge < -0.3 is 15.0 Å². The fraction of sp³-hybridized carbons (Fsp3) is 0.310. The standard InChI is InChI=1S/C29H28F3N5O3/c1-17-14-19(15-23-24(17)35-28(40-3)36(23)2)27(39)37-13-11-22(20(16-37)18-8-5-4-6-9-18)34-26(38)25-21(29(30,31)32)10-7-12-33-25/h4-10,12,14-15,20,22H,11,13,16H2,1-3H3,(H,34,38)/t20-,22-/m1/s1. The van der Waals surface area contributed by atoms with Gasteiger partial charge in [-0.05, 0) is 48.7 Å². The maximum Gasteiger partial charge on any atom is 0.418 e. The molecule has 0 bridgehead atoms. The van der Waals surface area contributed by atoms with E-state index in [0.717, 1.165) is 40.5 Å². The molecule has 1 fully saturated rings. The molecule has 0 spiro atoms. The fourth-order valence-electron chi connectivity index (χ4n) is 5.32. The predicted molar refractivity (Wildman–Crippen MR) is 142 cm³/mol. The van der Waals surface area contributed by atoms with Gasteiger partial charge >= 0.3 is 6.18 Å². The lowest BCUT2D eigenvalue weighted by Crippen LogP contribution is -2.51. The Hall–Kier alpha value is -4.41. The molecule has 1 saturated heterocycles. The molecule has 0 unspecified atom stereocenters. The first kappa shape index (κ1) is 27.2. The summed E-state index contributed by atoms with van der Waals surface area (Å²) in [6, 6.07) is 14.8. The van der Waals surface area contributed by atoms with Crippen LogP contribution in [-0.2, 0) is 13.2 Å². The number of carbonyl (C=O) groups excluding carboxylic acids is 2. The Kier molecular flexibility index (Phi) is 7.22. The Morgan fingerprint density at radius 3 is 2.55 bits per heavy atom. The van der Waals surface area contributed by atoms with Crippen molar-refractivity contribution in [1.29, 1.82) is 0 Å². The molecule has 1 aliphatic heterocycles. The average Bonchev–Trinajstić information content (AvgIpc) is 3.28. The number of nitrogens with zero attached hydrogens (tertiary/aromatic N) is 4. The van der Waals surface area contributed by atoms with E-state index in [1.165, 1.54) is 7.11 Å². The van der Waals surface area contributed by atoms with Gasteiger partial charge in [0.15, 0.2) is 0 Å². The molecule has 2 aromatic carbocycles. The molecular formula is C29H28F3N5O3. The molecule has 0 aliphatic carbocycles. The molecule has 1 N–H and O–H groups in total. The third-order valence-electron chi connectivity index (χ3n) is 7.34. The van der Waals surface area contributed by atoms with Crippen LogP contribution >= 0.6 is 0 Å². The third kappa shape index (κ3) is 5.11. The van der Waals surface area contributed by atoms with Crippen LogP contribution in [0.1, 0.15) is 49.9 Å². The highest BCUT2D eigenvalue weighted by atomic mass is 19.4. The van der Waals surface area contributed by atoms with E-state index in [2.05, 4.69) is 15.3 Å². The van der Waals surface area contributed by atoms with Gasteiger partial charge in [-0.1, -0.05) is 30.3 Å². The molecule has 40 heavy (non-hydrogen) atoms. The summed E-state index contributed by atoms with van der Waals surface area (Å²) in [7, 11) is 3.35. The number of amides is 2. The van der Waals surface area contributed by atoms with Crippen molar-refractivity contribution in [3.05, 3.63) is 88.7 Å². The summed E-state index contributed by atoms with van der Waals surface area (Å²) in [4.78, 5) is 36.7. The van der Waals surface area contributed by atoms with Crippen LogP contribution in [0.5, 0.6) is 6.01 Å². The fourth-order valence-corrected chi connectivity index (χ4v) is 5.32. The monoisotopic (exact) mass is 551 g/mol.